The smallest absolute Gasteiger partial charge is 0.216 e. The second kappa shape index (κ2) is 11.2. The fourth-order valence-electron chi connectivity index (χ4n) is 4.28. The summed E-state index contributed by atoms with van der Waals surface area (Å²) in [5, 5.41) is -0.138. The maximum Gasteiger partial charge on any atom is 0.216 e. The van der Waals surface area contributed by atoms with Crippen LogP contribution in [-0.2, 0) is 13.6 Å². The van der Waals surface area contributed by atoms with Crippen LogP contribution in [-0.4, -0.2) is 48.4 Å². The Morgan fingerprint density at radius 2 is 1.25 bits per heavy atom. The fraction of sp³-hybridized carbons (Fsp3) is 1.00. The van der Waals surface area contributed by atoms with Crippen molar-refractivity contribution in [2.75, 3.05) is 13.2 Å². The molecule has 0 fully saturated rings. The van der Waals surface area contributed by atoms with Crippen molar-refractivity contribution in [1.29, 1.82) is 0 Å². The Kier molecular flexibility index (Phi) is 11.4. The molecule has 2 unspecified atom stereocenters. The molecule has 0 saturated heterocycles. The Bertz CT molecular complexity index is 454. The monoisotopic (exact) mass is 448 g/mol. The van der Waals surface area contributed by atoms with Crippen molar-refractivity contribution in [1.82, 2.24) is 0 Å². The lowest BCUT2D eigenvalue weighted by atomic mass is 10.3. The van der Waals surface area contributed by atoms with E-state index in [-0.39, 0.29) is 10.4 Å². The third-order valence-corrected chi connectivity index (χ3v) is 19.2. The van der Waals surface area contributed by atoms with E-state index in [2.05, 4.69) is 80.8 Å². The Balaban J connectivity index is 5.49. The second-order valence-electron chi connectivity index (χ2n) is 10.6. The maximum atomic E-state index is 7.21. The number of hydrogen-bond donors (Lipinski definition) is 0. The van der Waals surface area contributed by atoms with Crippen LogP contribution in [0, 0.1) is 0 Å². The van der Waals surface area contributed by atoms with Crippen LogP contribution in [0.4, 0.5) is 0 Å². The van der Waals surface area contributed by atoms with Gasteiger partial charge in [-0.15, -0.1) is 0 Å². The molecule has 0 aliphatic carbocycles. The molecule has 0 saturated carbocycles. The number of rotatable bonds is 15. The van der Waals surface area contributed by atoms with Crippen molar-refractivity contribution < 1.29 is 13.6 Å². The summed E-state index contributed by atoms with van der Waals surface area (Å²) in [6.07, 6.45) is 4.46. The predicted octanol–water partition coefficient (Wildman–Crippen LogP) is 7.39. The standard InChI is InChI=1S/C22H52O3Si3/c1-13-19-26(7,8)21(5,14-2)25-28(11,12)22(6,15-3)24-27(9,10)20-17-18-23-16-4/h13-20H2,1-12H3. The van der Waals surface area contributed by atoms with Crippen LogP contribution in [0.2, 0.25) is 51.4 Å². The van der Waals surface area contributed by atoms with Gasteiger partial charge in [0.05, 0.1) is 13.3 Å². The van der Waals surface area contributed by atoms with Gasteiger partial charge in [-0.2, -0.15) is 0 Å². The van der Waals surface area contributed by atoms with Crippen molar-refractivity contribution in [3.63, 3.8) is 0 Å². The van der Waals surface area contributed by atoms with E-state index in [1.807, 2.05) is 0 Å². The third-order valence-electron chi connectivity index (χ3n) is 7.18. The van der Waals surface area contributed by atoms with E-state index >= 15 is 0 Å². The summed E-state index contributed by atoms with van der Waals surface area (Å²) in [6.45, 7) is 29.9. The summed E-state index contributed by atoms with van der Waals surface area (Å²) in [5.41, 5.74) is 0. The van der Waals surface area contributed by atoms with Gasteiger partial charge < -0.3 is 13.6 Å². The highest BCUT2D eigenvalue weighted by Gasteiger charge is 2.53. The van der Waals surface area contributed by atoms with E-state index in [1.54, 1.807) is 0 Å². The molecular formula is C22H52O3Si3. The summed E-state index contributed by atoms with van der Waals surface area (Å²) in [6, 6.07) is 2.47. The zero-order valence-corrected chi connectivity index (χ0v) is 24.4. The molecule has 0 radical (unpaired) electrons. The molecule has 3 nitrogen and oxygen atoms in total. The highest BCUT2D eigenvalue weighted by molar-refractivity contribution is 6.82. The van der Waals surface area contributed by atoms with Crippen LogP contribution in [0.3, 0.4) is 0 Å². The lowest BCUT2D eigenvalue weighted by Crippen LogP contribution is -2.66. The van der Waals surface area contributed by atoms with Gasteiger partial charge in [-0.1, -0.05) is 46.3 Å². The summed E-state index contributed by atoms with van der Waals surface area (Å²) < 4.78 is 19.8. The van der Waals surface area contributed by atoms with Crippen molar-refractivity contribution in [2.24, 2.45) is 0 Å². The maximum absolute atomic E-state index is 7.21. The van der Waals surface area contributed by atoms with E-state index in [0.717, 1.165) is 38.5 Å². The molecule has 0 aromatic heterocycles. The average Bonchev–Trinajstić information content (AvgIpc) is 2.57. The summed E-state index contributed by atoms with van der Waals surface area (Å²) >= 11 is 0. The molecule has 0 aliphatic rings. The van der Waals surface area contributed by atoms with E-state index in [9.17, 15) is 0 Å². The molecule has 0 aromatic rings. The Morgan fingerprint density at radius 3 is 1.68 bits per heavy atom. The lowest BCUT2D eigenvalue weighted by Gasteiger charge is -2.53. The molecule has 0 aromatic carbocycles. The molecule has 0 spiro atoms. The van der Waals surface area contributed by atoms with Crippen LogP contribution in [0.1, 0.15) is 67.2 Å². The normalized spacial score (nSPS) is 18.0. The molecule has 2 atom stereocenters. The zero-order chi connectivity index (χ0) is 22.3. The zero-order valence-electron chi connectivity index (χ0n) is 21.4. The molecule has 0 N–H and O–H groups in total. The minimum Gasteiger partial charge on any atom is -0.412 e. The highest BCUT2D eigenvalue weighted by atomic mass is 28.4. The predicted molar refractivity (Wildman–Crippen MR) is 133 cm³/mol. The molecule has 28 heavy (non-hydrogen) atoms. The number of ether oxygens (including phenoxy) is 1. The molecule has 0 aliphatic heterocycles. The van der Waals surface area contributed by atoms with Gasteiger partial charge in [-0.25, -0.2) is 0 Å². The molecule has 0 rings (SSSR count). The van der Waals surface area contributed by atoms with Gasteiger partial charge in [0.15, 0.2) is 8.32 Å². The molecular weight excluding hydrogens is 396 g/mol. The topological polar surface area (TPSA) is 27.7 Å². The largest absolute Gasteiger partial charge is 0.412 e. The minimum atomic E-state index is -2.10. The lowest BCUT2D eigenvalue weighted by molar-refractivity contribution is 0.0743. The number of hydrogen-bond acceptors (Lipinski definition) is 3. The van der Waals surface area contributed by atoms with Crippen LogP contribution in [0.15, 0.2) is 0 Å². The van der Waals surface area contributed by atoms with Gasteiger partial charge in [0.2, 0.25) is 8.32 Å². The Labute approximate surface area is 180 Å². The van der Waals surface area contributed by atoms with Gasteiger partial charge >= 0.3 is 0 Å². The highest BCUT2D eigenvalue weighted by Crippen LogP contribution is 2.41. The fourth-order valence-corrected chi connectivity index (χ4v) is 15.5. The first-order chi connectivity index (χ1) is 12.7. The van der Waals surface area contributed by atoms with E-state index in [1.165, 1.54) is 12.5 Å². The van der Waals surface area contributed by atoms with E-state index in [0.29, 0.717) is 0 Å². The molecule has 0 heterocycles. The van der Waals surface area contributed by atoms with E-state index in [4.69, 9.17) is 13.6 Å². The first-order valence-electron chi connectivity index (χ1n) is 11.6. The Hall–Kier alpha value is 0.531. The third kappa shape index (κ3) is 7.65. The quantitative estimate of drug-likeness (QED) is 0.193. The molecule has 0 amide bonds. The van der Waals surface area contributed by atoms with Gasteiger partial charge in [0, 0.05) is 18.4 Å². The van der Waals surface area contributed by atoms with Gasteiger partial charge in [0.1, 0.15) is 0 Å². The van der Waals surface area contributed by atoms with Crippen molar-refractivity contribution in [3.8, 4) is 0 Å². The average molecular weight is 449 g/mol. The van der Waals surface area contributed by atoms with Gasteiger partial charge in [0.25, 0.3) is 0 Å². The minimum absolute atomic E-state index is 0.0131. The first-order valence-corrected chi connectivity index (χ1v) is 20.9. The van der Waals surface area contributed by atoms with Crippen molar-refractivity contribution in [3.05, 3.63) is 0 Å². The second-order valence-corrected chi connectivity index (χ2v) is 24.4. The van der Waals surface area contributed by atoms with Crippen molar-refractivity contribution in [2.45, 2.75) is 129 Å². The Morgan fingerprint density at radius 1 is 0.714 bits per heavy atom. The van der Waals surface area contributed by atoms with Crippen LogP contribution < -0.4 is 0 Å². The summed E-state index contributed by atoms with van der Waals surface area (Å²) in [7, 11) is -5.38. The van der Waals surface area contributed by atoms with E-state index < -0.39 is 24.7 Å². The summed E-state index contributed by atoms with van der Waals surface area (Å²) in [5.74, 6) is 0. The molecule has 0 bridgehead atoms. The van der Waals surface area contributed by atoms with Crippen LogP contribution >= 0.6 is 0 Å². The molecule has 170 valence electrons. The van der Waals surface area contributed by atoms with Gasteiger partial charge in [-0.3, -0.25) is 0 Å². The van der Waals surface area contributed by atoms with Crippen LogP contribution in [0.25, 0.3) is 0 Å². The molecule has 6 heteroatoms. The van der Waals surface area contributed by atoms with Gasteiger partial charge in [-0.05, 0) is 72.3 Å². The first kappa shape index (κ1) is 28.5. The summed E-state index contributed by atoms with van der Waals surface area (Å²) in [4.78, 5) is 0. The van der Waals surface area contributed by atoms with Crippen LogP contribution in [0.5, 0.6) is 0 Å². The SMILES string of the molecule is CCC[Si](C)(C)C(C)(CC)O[Si](C)(C)C(C)(CC)O[Si](C)(C)CCCOCC. The van der Waals surface area contributed by atoms with Crippen molar-refractivity contribution >= 4 is 24.7 Å².